The molecule has 1 N–H and O–H groups in total. The monoisotopic (exact) mass is 302 g/mol. The zero-order valence-corrected chi connectivity index (χ0v) is 11.5. The van der Waals surface area contributed by atoms with Gasteiger partial charge >= 0.3 is 0 Å². The highest BCUT2D eigenvalue weighted by molar-refractivity contribution is 6.50. The zero-order chi connectivity index (χ0) is 12.3. The van der Waals surface area contributed by atoms with Crippen LogP contribution >= 0.6 is 46.4 Å². The predicted molar refractivity (Wildman–Crippen MR) is 68.5 cm³/mol. The lowest BCUT2D eigenvalue weighted by molar-refractivity contribution is 0.309. The van der Waals surface area contributed by atoms with Crippen molar-refractivity contribution in [1.29, 1.82) is 0 Å². The van der Waals surface area contributed by atoms with Gasteiger partial charge in [0.05, 0.1) is 6.61 Å². The molecule has 90 valence electrons. The summed E-state index contributed by atoms with van der Waals surface area (Å²) in [4.78, 5) is 0. The minimum Gasteiger partial charge on any atom is -0.505 e. The lowest BCUT2D eigenvalue weighted by Crippen LogP contribution is -1.98. The first-order valence-electron chi connectivity index (χ1n) is 4.68. The van der Waals surface area contributed by atoms with Crippen molar-refractivity contribution in [3.8, 4) is 11.5 Å². The summed E-state index contributed by atoms with van der Waals surface area (Å²) in [6.07, 6.45) is 1.84. The summed E-state index contributed by atoms with van der Waals surface area (Å²) < 4.78 is 5.38. The third-order valence-electron chi connectivity index (χ3n) is 1.94. The van der Waals surface area contributed by atoms with Crippen molar-refractivity contribution in [3.05, 3.63) is 20.1 Å². The van der Waals surface area contributed by atoms with E-state index < -0.39 is 0 Å². The van der Waals surface area contributed by atoms with Crippen LogP contribution in [0.25, 0.3) is 0 Å². The summed E-state index contributed by atoms with van der Waals surface area (Å²) >= 11 is 23.3. The summed E-state index contributed by atoms with van der Waals surface area (Å²) in [7, 11) is 0. The molecule has 0 aliphatic heterocycles. The molecule has 0 radical (unpaired) electrons. The van der Waals surface area contributed by atoms with Crippen LogP contribution in [-0.2, 0) is 0 Å². The van der Waals surface area contributed by atoms with E-state index >= 15 is 0 Å². The van der Waals surface area contributed by atoms with Crippen LogP contribution in [0.15, 0.2) is 0 Å². The Morgan fingerprint density at radius 2 is 1.50 bits per heavy atom. The maximum absolute atomic E-state index is 9.48. The number of aromatic hydroxyl groups is 1. The molecule has 2 nitrogen and oxygen atoms in total. The third-order valence-corrected chi connectivity index (χ3v) is 3.59. The Balaban J connectivity index is 3.08. The predicted octanol–water partition coefficient (Wildman–Crippen LogP) is 5.18. The largest absolute Gasteiger partial charge is 0.505 e. The molecule has 0 spiro atoms. The number of hydrogen-bond donors (Lipinski definition) is 1. The number of unbranched alkanes of at least 4 members (excludes halogenated alkanes) is 1. The van der Waals surface area contributed by atoms with Crippen molar-refractivity contribution in [1.82, 2.24) is 0 Å². The van der Waals surface area contributed by atoms with E-state index in [1.807, 2.05) is 6.92 Å². The molecule has 0 unspecified atom stereocenters. The highest BCUT2D eigenvalue weighted by Crippen LogP contribution is 2.49. The summed E-state index contributed by atoms with van der Waals surface area (Å²) in [6, 6.07) is 0. The minimum atomic E-state index is -0.332. The molecule has 1 rings (SSSR count). The normalized spacial score (nSPS) is 10.6. The van der Waals surface area contributed by atoms with Gasteiger partial charge in [-0.1, -0.05) is 59.7 Å². The van der Waals surface area contributed by atoms with E-state index in [1.165, 1.54) is 0 Å². The van der Waals surface area contributed by atoms with Gasteiger partial charge in [0.15, 0.2) is 11.5 Å². The second kappa shape index (κ2) is 6.06. The van der Waals surface area contributed by atoms with Gasteiger partial charge in [0.2, 0.25) is 0 Å². The molecule has 0 heterocycles. The van der Waals surface area contributed by atoms with Crippen LogP contribution in [-0.4, -0.2) is 11.7 Å². The molecule has 0 aliphatic rings. The molecule has 0 amide bonds. The number of hydrogen-bond acceptors (Lipinski definition) is 2. The highest BCUT2D eigenvalue weighted by Gasteiger charge is 2.20. The van der Waals surface area contributed by atoms with Crippen LogP contribution in [0, 0.1) is 0 Å². The zero-order valence-electron chi connectivity index (χ0n) is 8.49. The molecule has 1 aromatic rings. The van der Waals surface area contributed by atoms with Crippen molar-refractivity contribution >= 4 is 46.4 Å². The van der Waals surface area contributed by atoms with Crippen molar-refractivity contribution in [2.75, 3.05) is 6.61 Å². The Kier molecular flexibility index (Phi) is 5.32. The van der Waals surface area contributed by atoms with Crippen LogP contribution in [0.3, 0.4) is 0 Å². The van der Waals surface area contributed by atoms with Crippen molar-refractivity contribution in [2.24, 2.45) is 0 Å². The molecule has 6 heteroatoms. The molecular weight excluding hydrogens is 294 g/mol. The maximum Gasteiger partial charge on any atom is 0.159 e. The number of phenols is 1. The topological polar surface area (TPSA) is 29.5 Å². The lowest BCUT2D eigenvalue weighted by atomic mass is 10.3. The second-order valence-corrected chi connectivity index (χ2v) is 4.65. The van der Waals surface area contributed by atoms with Gasteiger partial charge < -0.3 is 9.84 Å². The van der Waals surface area contributed by atoms with E-state index in [1.54, 1.807) is 0 Å². The van der Waals surface area contributed by atoms with Crippen LogP contribution in [0.1, 0.15) is 19.8 Å². The van der Waals surface area contributed by atoms with Gasteiger partial charge in [0.25, 0.3) is 0 Å². The molecular formula is C10H10Cl4O2. The standard InChI is InChI=1S/C10H10Cl4O2/c1-2-3-4-16-10-7(13)5(11)9(15)6(12)8(10)14/h15H,2-4H2,1H3. The Bertz CT molecular complexity index is 364. The molecule has 0 saturated carbocycles. The average Bonchev–Trinajstić information content (AvgIpc) is 2.28. The molecule has 0 aliphatic carbocycles. The molecule has 1 aromatic carbocycles. The Morgan fingerprint density at radius 1 is 1.00 bits per heavy atom. The third kappa shape index (κ3) is 2.80. The van der Waals surface area contributed by atoms with Crippen LogP contribution in [0.2, 0.25) is 20.1 Å². The Labute approximate surface area is 114 Å². The molecule has 0 fully saturated rings. The number of phenolic OH excluding ortho intramolecular Hbond substituents is 1. The lowest BCUT2D eigenvalue weighted by Gasteiger charge is -2.13. The number of benzene rings is 1. The van der Waals surface area contributed by atoms with Crippen LogP contribution in [0.4, 0.5) is 0 Å². The molecule has 0 aromatic heterocycles. The molecule has 0 atom stereocenters. The van der Waals surface area contributed by atoms with E-state index in [0.29, 0.717) is 6.61 Å². The van der Waals surface area contributed by atoms with Gasteiger partial charge in [-0.05, 0) is 6.42 Å². The van der Waals surface area contributed by atoms with Crippen molar-refractivity contribution < 1.29 is 9.84 Å². The van der Waals surface area contributed by atoms with Crippen molar-refractivity contribution in [3.63, 3.8) is 0 Å². The molecule has 0 bridgehead atoms. The molecule has 0 saturated heterocycles. The fourth-order valence-corrected chi connectivity index (χ4v) is 1.98. The van der Waals surface area contributed by atoms with E-state index in [9.17, 15) is 5.11 Å². The van der Waals surface area contributed by atoms with E-state index in [2.05, 4.69) is 0 Å². The second-order valence-electron chi connectivity index (χ2n) is 3.14. The molecule has 16 heavy (non-hydrogen) atoms. The number of halogens is 4. The fourth-order valence-electron chi connectivity index (χ4n) is 1.05. The first kappa shape index (κ1) is 14.0. The van der Waals surface area contributed by atoms with Gasteiger partial charge in [-0.25, -0.2) is 0 Å². The quantitative estimate of drug-likeness (QED) is 0.613. The SMILES string of the molecule is CCCCOc1c(Cl)c(Cl)c(O)c(Cl)c1Cl. The fraction of sp³-hybridized carbons (Fsp3) is 0.400. The van der Waals surface area contributed by atoms with Gasteiger partial charge in [-0.2, -0.15) is 0 Å². The maximum atomic E-state index is 9.48. The summed E-state index contributed by atoms with van der Waals surface area (Å²) in [6.45, 7) is 2.50. The van der Waals surface area contributed by atoms with Crippen LogP contribution in [0.5, 0.6) is 11.5 Å². The van der Waals surface area contributed by atoms with E-state index in [-0.39, 0.29) is 31.6 Å². The number of ether oxygens (including phenoxy) is 1. The van der Waals surface area contributed by atoms with Crippen molar-refractivity contribution in [2.45, 2.75) is 19.8 Å². The first-order chi connectivity index (χ1) is 7.50. The average molecular weight is 304 g/mol. The number of rotatable bonds is 4. The van der Waals surface area contributed by atoms with E-state index in [4.69, 9.17) is 51.1 Å². The van der Waals surface area contributed by atoms with Gasteiger partial charge in [-0.3, -0.25) is 0 Å². The van der Waals surface area contributed by atoms with Gasteiger partial charge in [0.1, 0.15) is 20.1 Å². The Hall–Kier alpha value is -0.0200. The Morgan fingerprint density at radius 3 is 1.94 bits per heavy atom. The van der Waals surface area contributed by atoms with Gasteiger partial charge in [0, 0.05) is 0 Å². The van der Waals surface area contributed by atoms with Gasteiger partial charge in [-0.15, -0.1) is 0 Å². The smallest absolute Gasteiger partial charge is 0.159 e. The van der Waals surface area contributed by atoms with Crippen LogP contribution < -0.4 is 4.74 Å². The first-order valence-corrected chi connectivity index (χ1v) is 6.19. The summed E-state index contributed by atoms with van der Waals surface area (Å²) in [5.41, 5.74) is 0. The summed E-state index contributed by atoms with van der Waals surface area (Å²) in [5.74, 6) is -0.120. The highest BCUT2D eigenvalue weighted by atomic mass is 35.5. The van der Waals surface area contributed by atoms with E-state index in [0.717, 1.165) is 12.8 Å². The minimum absolute atomic E-state index is 0.0532. The summed E-state index contributed by atoms with van der Waals surface area (Å²) in [5, 5.41) is 9.52.